The van der Waals surface area contributed by atoms with E-state index in [9.17, 15) is 15.2 Å². The van der Waals surface area contributed by atoms with Crippen molar-refractivity contribution in [3.8, 4) is 0 Å². The van der Waals surface area contributed by atoms with Crippen molar-refractivity contribution in [2.24, 2.45) is 0 Å². The largest absolute Gasteiger partial charge is 0.399 e. The van der Waals surface area contributed by atoms with Gasteiger partial charge in [-0.05, 0) is 23.7 Å². The van der Waals surface area contributed by atoms with Crippen LogP contribution in [-0.4, -0.2) is 48.2 Å². The molecule has 1 fully saturated rings. The van der Waals surface area contributed by atoms with Gasteiger partial charge >= 0.3 is 0 Å². The Hall–Kier alpha value is -1.28. The zero-order valence-electron chi connectivity index (χ0n) is 15.1. The molecule has 0 radical (unpaired) electrons. The van der Waals surface area contributed by atoms with Crippen molar-refractivity contribution >= 4 is 8.32 Å². The predicted molar refractivity (Wildman–Crippen MR) is 95.7 cm³/mol. The molecule has 1 saturated heterocycles. The SMILES string of the molecule is CC(C)(C)[Si](C)(C)O[C@H]1[C@@H](O)[C@H]([N+](=O)[O-])CN1Cc1ccccc1. The van der Waals surface area contributed by atoms with Gasteiger partial charge in [0.05, 0.1) is 6.54 Å². The molecule has 0 spiro atoms. The van der Waals surface area contributed by atoms with Crippen LogP contribution >= 0.6 is 0 Å². The second kappa shape index (κ2) is 6.91. The van der Waals surface area contributed by atoms with Gasteiger partial charge in [0.2, 0.25) is 0 Å². The summed E-state index contributed by atoms with van der Waals surface area (Å²) in [6, 6.07) is 8.77. The first-order valence-electron chi connectivity index (χ1n) is 8.30. The van der Waals surface area contributed by atoms with Crippen LogP contribution in [0.1, 0.15) is 26.3 Å². The minimum atomic E-state index is -2.16. The van der Waals surface area contributed by atoms with Gasteiger partial charge in [0, 0.05) is 11.5 Å². The maximum absolute atomic E-state index is 11.3. The fourth-order valence-electron chi connectivity index (χ4n) is 2.64. The zero-order valence-corrected chi connectivity index (χ0v) is 16.1. The first kappa shape index (κ1) is 19.0. The van der Waals surface area contributed by atoms with Crippen molar-refractivity contribution in [2.45, 2.75) is 63.8 Å². The van der Waals surface area contributed by atoms with Crippen LogP contribution in [0.5, 0.6) is 0 Å². The van der Waals surface area contributed by atoms with E-state index in [1.54, 1.807) is 0 Å². The summed E-state index contributed by atoms with van der Waals surface area (Å²) >= 11 is 0. The first-order valence-corrected chi connectivity index (χ1v) is 11.2. The smallest absolute Gasteiger partial charge is 0.254 e. The van der Waals surface area contributed by atoms with Crippen LogP contribution in [-0.2, 0) is 11.0 Å². The van der Waals surface area contributed by atoms with E-state index in [4.69, 9.17) is 4.43 Å². The lowest BCUT2D eigenvalue weighted by Gasteiger charge is -2.41. The average Bonchev–Trinajstić information content (AvgIpc) is 2.76. The van der Waals surface area contributed by atoms with Gasteiger partial charge in [-0.15, -0.1) is 0 Å². The van der Waals surface area contributed by atoms with Crippen molar-refractivity contribution in [1.82, 2.24) is 4.90 Å². The minimum Gasteiger partial charge on any atom is -0.399 e. The molecule has 0 saturated carbocycles. The highest BCUT2D eigenvalue weighted by Gasteiger charge is 2.52. The Kier molecular flexibility index (Phi) is 5.49. The van der Waals surface area contributed by atoms with E-state index < -0.39 is 31.6 Å². The lowest BCUT2D eigenvalue weighted by Crippen LogP contribution is -2.50. The Bertz CT molecular complexity index is 574. The van der Waals surface area contributed by atoms with Crippen molar-refractivity contribution in [1.29, 1.82) is 0 Å². The number of likely N-dealkylation sites (tertiary alicyclic amines) is 1. The molecular weight excluding hydrogens is 324 g/mol. The van der Waals surface area contributed by atoms with Gasteiger partial charge in [-0.3, -0.25) is 15.0 Å². The summed E-state index contributed by atoms with van der Waals surface area (Å²) in [4.78, 5) is 12.8. The zero-order chi connectivity index (χ0) is 18.1. The van der Waals surface area contributed by atoms with Crippen LogP contribution in [0.3, 0.4) is 0 Å². The van der Waals surface area contributed by atoms with E-state index in [-0.39, 0.29) is 11.6 Å². The summed E-state index contributed by atoms with van der Waals surface area (Å²) in [6.07, 6.45) is -1.75. The topological polar surface area (TPSA) is 75.8 Å². The number of nitrogens with zero attached hydrogens (tertiary/aromatic N) is 2. The van der Waals surface area contributed by atoms with Crippen LogP contribution in [0.4, 0.5) is 0 Å². The number of nitro groups is 1. The summed E-state index contributed by atoms with van der Waals surface area (Å²) < 4.78 is 6.35. The van der Waals surface area contributed by atoms with Crippen LogP contribution in [0.25, 0.3) is 0 Å². The van der Waals surface area contributed by atoms with Crippen molar-refractivity contribution < 1.29 is 14.5 Å². The van der Waals surface area contributed by atoms with Crippen LogP contribution in [0, 0.1) is 10.1 Å². The summed E-state index contributed by atoms with van der Waals surface area (Å²) in [5.74, 6) is 0. The number of hydrogen-bond donors (Lipinski definition) is 1. The molecule has 1 heterocycles. The predicted octanol–water partition coefficient (Wildman–Crippen LogP) is 2.86. The molecule has 1 aliphatic rings. The number of hydrogen-bond acceptors (Lipinski definition) is 5. The van der Waals surface area contributed by atoms with Gasteiger partial charge in [0.15, 0.2) is 14.4 Å². The molecule has 1 N–H and O–H groups in total. The molecule has 0 amide bonds. The fourth-order valence-corrected chi connectivity index (χ4v) is 3.89. The summed E-state index contributed by atoms with van der Waals surface area (Å²) in [5, 5.41) is 21.8. The van der Waals surface area contributed by atoms with Gasteiger partial charge in [-0.2, -0.15) is 0 Å². The molecule has 0 unspecified atom stereocenters. The van der Waals surface area contributed by atoms with Crippen LogP contribution in [0.15, 0.2) is 30.3 Å². The van der Waals surface area contributed by atoms with Gasteiger partial charge in [0.25, 0.3) is 6.04 Å². The second-order valence-corrected chi connectivity index (χ2v) is 12.8. The minimum absolute atomic E-state index is 0.0299. The lowest BCUT2D eigenvalue weighted by molar-refractivity contribution is -0.528. The Labute approximate surface area is 144 Å². The molecule has 0 bridgehead atoms. The molecule has 1 aromatic rings. The van der Waals surface area contributed by atoms with Crippen LogP contribution in [0.2, 0.25) is 18.1 Å². The molecule has 0 aromatic heterocycles. The van der Waals surface area contributed by atoms with Gasteiger partial charge < -0.3 is 9.53 Å². The molecule has 24 heavy (non-hydrogen) atoms. The second-order valence-electron chi connectivity index (χ2n) is 8.03. The number of rotatable bonds is 5. The monoisotopic (exact) mass is 352 g/mol. The van der Waals surface area contributed by atoms with E-state index in [0.717, 1.165) is 5.56 Å². The Morgan fingerprint density at radius 2 is 1.92 bits per heavy atom. The molecule has 3 atom stereocenters. The molecule has 1 aromatic carbocycles. The molecule has 1 aliphatic heterocycles. The van der Waals surface area contributed by atoms with Crippen molar-refractivity contribution in [3.05, 3.63) is 46.0 Å². The van der Waals surface area contributed by atoms with Crippen LogP contribution < -0.4 is 0 Å². The maximum atomic E-state index is 11.3. The average molecular weight is 353 g/mol. The van der Waals surface area contributed by atoms with E-state index in [1.165, 1.54) is 0 Å². The third-order valence-electron chi connectivity index (χ3n) is 5.19. The molecular formula is C17H28N2O4Si. The summed E-state index contributed by atoms with van der Waals surface area (Å²) in [7, 11) is -2.16. The molecule has 134 valence electrons. The first-order chi connectivity index (χ1) is 11.0. The maximum Gasteiger partial charge on any atom is 0.254 e. The highest BCUT2D eigenvalue weighted by Crippen LogP contribution is 2.39. The summed E-state index contributed by atoms with van der Waals surface area (Å²) in [6.45, 7) is 11.3. The highest BCUT2D eigenvalue weighted by atomic mass is 28.4. The number of benzene rings is 1. The molecule has 7 heteroatoms. The third-order valence-corrected chi connectivity index (χ3v) is 9.63. The van der Waals surface area contributed by atoms with Gasteiger partial charge in [-0.25, -0.2) is 0 Å². The number of aliphatic hydroxyl groups excluding tert-OH is 1. The van der Waals surface area contributed by atoms with E-state index in [0.29, 0.717) is 6.54 Å². The lowest BCUT2D eigenvalue weighted by atomic mass is 10.2. The fraction of sp³-hybridized carbons (Fsp3) is 0.647. The molecule has 0 aliphatic carbocycles. The third kappa shape index (κ3) is 4.03. The van der Waals surface area contributed by atoms with Gasteiger partial charge in [-0.1, -0.05) is 51.1 Å². The molecule has 6 nitrogen and oxygen atoms in total. The van der Waals surface area contributed by atoms with Crippen molar-refractivity contribution in [3.63, 3.8) is 0 Å². The van der Waals surface area contributed by atoms with Crippen molar-refractivity contribution in [2.75, 3.05) is 6.54 Å². The van der Waals surface area contributed by atoms with E-state index >= 15 is 0 Å². The standard InChI is InChI=1S/C17H28N2O4Si/c1-17(2,3)24(4,5)23-16-15(20)14(19(21)22)12-18(16)11-13-9-7-6-8-10-13/h6-10,14-16,20H,11-12H2,1-5H3/t14-,15+,16+/m1/s1. The van der Waals surface area contributed by atoms with E-state index in [2.05, 4.69) is 33.9 Å². The quantitative estimate of drug-likeness (QED) is 0.501. The van der Waals surface area contributed by atoms with Gasteiger partial charge in [0.1, 0.15) is 6.23 Å². The number of aliphatic hydroxyl groups is 1. The Balaban J connectivity index is 2.24. The van der Waals surface area contributed by atoms with E-state index in [1.807, 2.05) is 35.2 Å². The summed E-state index contributed by atoms with van der Waals surface area (Å²) in [5.41, 5.74) is 1.05. The Morgan fingerprint density at radius 3 is 2.42 bits per heavy atom. The Morgan fingerprint density at radius 1 is 1.33 bits per heavy atom. The normalized spacial score (nSPS) is 25.8. The molecule has 2 rings (SSSR count). The highest BCUT2D eigenvalue weighted by molar-refractivity contribution is 6.74.